The number of aromatic nitrogens is 1. The fraction of sp³-hybridized carbons (Fsp3) is 0.389. The maximum Gasteiger partial charge on any atom is 0.290 e. The Labute approximate surface area is 140 Å². The van der Waals surface area contributed by atoms with Gasteiger partial charge in [0.25, 0.3) is 5.69 Å². The molecule has 1 saturated heterocycles. The molecule has 0 amide bonds. The molecule has 0 spiro atoms. The quantitative estimate of drug-likeness (QED) is 0.692. The molecule has 1 N–H and O–H groups in total. The Kier molecular flexibility index (Phi) is 4.49. The van der Waals surface area contributed by atoms with Crippen LogP contribution in [0.1, 0.15) is 30.5 Å². The third kappa shape index (κ3) is 3.23. The Morgan fingerprint density at radius 1 is 1.17 bits per heavy atom. The molecule has 2 aromatic rings. The Balaban J connectivity index is 1.79. The van der Waals surface area contributed by atoms with Gasteiger partial charge in [0, 0.05) is 19.2 Å². The van der Waals surface area contributed by atoms with E-state index in [1.54, 1.807) is 13.0 Å². The molecule has 1 atom stereocenters. The minimum Gasteiger partial charge on any atom is -0.385 e. The molecule has 1 aromatic carbocycles. The SMILES string of the molecule is Cc1nc(N2CCC[C@@](O)(c3ccccc3)CC2)ccc1[N+](=O)[O-]. The number of hydrogen-bond donors (Lipinski definition) is 1. The molecule has 1 aliphatic rings. The second-order valence-corrected chi connectivity index (χ2v) is 6.27. The van der Waals surface area contributed by atoms with Gasteiger partial charge in [0.1, 0.15) is 11.5 Å². The number of pyridine rings is 1. The molecule has 3 rings (SSSR count). The topological polar surface area (TPSA) is 79.5 Å². The van der Waals surface area contributed by atoms with Crippen LogP contribution in [0, 0.1) is 17.0 Å². The van der Waals surface area contributed by atoms with E-state index in [4.69, 9.17) is 0 Å². The summed E-state index contributed by atoms with van der Waals surface area (Å²) in [5, 5.41) is 21.9. The molecular formula is C18H21N3O3. The average Bonchev–Trinajstić information content (AvgIpc) is 2.78. The predicted molar refractivity (Wildman–Crippen MR) is 92.0 cm³/mol. The van der Waals surface area contributed by atoms with E-state index in [-0.39, 0.29) is 5.69 Å². The molecule has 0 radical (unpaired) electrons. The summed E-state index contributed by atoms with van der Waals surface area (Å²) < 4.78 is 0. The summed E-state index contributed by atoms with van der Waals surface area (Å²) in [5.74, 6) is 0.732. The summed E-state index contributed by atoms with van der Waals surface area (Å²) in [6, 6.07) is 13.0. The largest absolute Gasteiger partial charge is 0.385 e. The molecule has 1 aliphatic heterocycles. The molecule has 0 saturated carbocycles. The molecule has 1 fully saturated rings. The lowest BCUT2D eigenvalue weighted by molar-refractivity contribution is -0.385. The lowest BCUT2D eigenvalue weighted by atomic mass is 9.87. The summed E-state index contributed by atoms with van der Waals surface area (Å²) in [7, 11) is 0. The van der Waals surface area contributed by atoms with Gasteiger partial charge in [-0.1, -0.05) is 30.3 Å². The van der Waals surface area contributed by atoms with Crippen molar-refractivity contribution in [3.8, 4) is 0 Å². The van der Waals surface area contributed by atoms with Crippen molar-refractivity contribution in [1.29, 1.82) is 0 Å². The van der Waals surface area contributed by atoms with Crippen LogP contribution in [-0.4, -0.2) is 28.1 Å². The van der Waals surface area contributed by atoms with Gasteiger partial charge in [-0.05, 0) is 37.8 Å². The summed E-state index contributed by atoms with van der Waals surface area (Å²) in [6.07, 6.45) is 2.14. The van der Waals surface area contributed by atoms with Crippen LogP contribution in [0.15, 0.2) is 42.5 Å². The Bertz CT molecular complexity index is 736. The van der Waals surface area contributed by atoms with Gasteiger partial charge in [-0.25, -0.2) is 4.98 Å². The van der Waals surface area contributed by atoms with Crippen molar-refractivity contribution in [3.63, 3.8) is 0 Å². The normalized spacial score (nSPS) is 21.3. The number of benzene rings is 1. The third-order valence-electron chi connectivity index (χ3n) is 4.69. The van der Waals surface area contributed by atoms with Gasteiger partial charge in [0.2, 0.25) is 0 Å². The first-order valence-electron chi connectivity index (χ1n) is 8.14. The lowest BCUT2D eigenvalue weighted by Crippen LogP contribution is -2.29. The highest BCUT2D eigenvalue weighted by Crippen LogP contribution is 2.34. The van der Waals surface area contributed by atoms with Crippen LogP contribution < -0.4 is 4.90 Å². The fourth-order valence-corrected chi connectivity index (χ4v) is 3.29. The van der Waals surface area contributed by atoms with Gasteiger partial charge in [-0.2, -0.15) is 0 Å². The van der Waals surface area contributed by atoms with Gasteiger partial charge >= 0.3 is 0 Å². The second-order valence-electron chi connectivity index (χ2n) is 6.27. The minimum absolute atomic E-state index is 0.0364. The average molecular weight is 327 g/mol. The first-order chi connectivity index (χ1) is 11.5. The summed E-state index contributed by atoms with van der Waals surface area (Å²) in [6.45, 7) is 3.09. The zero-order valence-corrected chi connectivity index (χ0v) is 13.7. The van der Waals surface area contributed by atoms with Crippen molar-refractivity contribution in [1.82, 2.24) is 4.98 Å². The van der Waals surface area contributed by atoms with E-state index in [0.717, 1.165) is 24.3 Å². The van der Waals surface area contributed by atoms with E-state index in [2.05, 4.69) is 9.88 Å². The number of nitro groups is 1. The van der Waals surface area contributed by atoms with Gasteiger partial charge < -0.3 is 10.0 Å². The van der Waals surface area contributed by atoms with Crippen LogP contribution in [0.5, 0.6) is 0 Å². The molecule has 6 nitrogen and oxygen atoms in total. The number of anilines is 1. The summed E-state index contributed by atoms with van der Waals surface area (Å²) in [4.78, 5) is 17.0. The molecule has 24 heavy (non-hydrogen) atoms. The van der Waals surface area contributed by atoms with Crippen molar-refractivity contribution in [2.45, 2.75) is 31.8 Å². The molecule has 1 aromatic heterocycles. The number of rotatable bonds is 3. The lowest BCUT2D eigenvalue weighted by Gasteiger charge is -2.27. The number of aliphatic hydroxyl groups is 1. The van der Waals surface area contributed by atoms with Crippen LogP contribution in [0.3, 0.4) is 0 Å². The van der Waals surface area contributed by atoms with E-state index >= 15 is 0 Å². The fourth-order valence-electron chi connectivity index (χ4n) is 3.29. The van der Waals surface area contributed by atoms with Gasteiger partial charge in [-0.3, -0.25) is 10.1 Å². The van der Waals surface area contributed by atoms with Crippen LogP contribution in [0.2, 0.25) is 0 Å². The zero-order chi connectivity index (χ0) is 17.2. The zero-order valence-electron chi connectivity index (χ0n) is 13.7. The standard InChI is InChI=1S/C18H21N3O3/c1-14-16(21(23)24)8-9-17(19-14)20-12-5-10-18(22,11-13-20)15-6-3-2-4-7-15/h2-4,6-9,22H,5,10-13H2,1H3/t18-/m0/s1. The Morgan fingerprint density at radius 3 is 2.58 bits per heavy atom. The Morgan fingerprint density at radius 2 is 1.92 bits per heavy atom. The van der Waals surface area contributed by atoms with Crippen molar-refractivity contribution in [2.24, 2.45) is 0 Å². The highest BCUT2D eigenvalue weighted by Gasteiger charge is 2.32. The van der Waals surface area contributed by atoms with Crippen LogP contribution in [0.4, 0.5) is 11.5 Å². The van der Waals surface area contributed by atoms with Crippen LogP contribution >= 0.6 is 0 Å². The smallest absolute Gasteiger partial charge is 0.290 e. The predicted octanol–water partition coefficient (Wildman–Crippen LogP) is 3.18. The number of hydrogen-bond acceptors (Lipinski definition) is 5. The van der Waals surface area contributed by atoms with Crippen molar-refractivity contribution >= 4 is 11.5 Å². The molecular weight excluding hydrogens is 306 g/mol. The van der Waals surface area contributed by atoms with E-state index < -0.39 is 10.5 Å². The first-order valence-corrected chi connectivity index (χ1v) is 8.14. The highest BCUT2D eigenvalue weighted by atomic mass is 16.6. The van der Waals surface area contributed by atoms with Gasteiger partial charge in [-0.15, -0.1) is 0 Å². The maximum absolute atomic E-state index is 11.0. The molecule has 126 valence electrons. The van der Waals surface area contributed by atoms with Crippen molar-refractivity contribution in [2.75, 3.05) is 18.0 Å². The van der Waals surface area contributed by atoms with E-state index in [9.17, 15) is 15.2 Å². The molecule has 0 bridgehead atoms. The maximum atomic E-state index is 11.0. The molecule has 0 aliphatic carbocycles. The van der Waals surface area contributed by atoms with Gasteiger partial charge in [0.15, 0.2) is 0 Å². The van der Waals surface area contributed by atoms with Crippen molar-refractivity contribution < 1.29 is 10.0 Å². The monoisotopic (exact) mass is 327 g/mol. The molecule has 2 heterocycles. The highest BCUT2D eigenvalue weighted by molar-refractivity contribution is 5.47. The summed E-state index contributed by atoms with van der Waals surface area (Å²) in [5.41, 5.74) is 0.570. The minimum atomic E-state index is -0.828. The van der Waals surface area contributed by atoms with Crippen LogP contribution in [-0.2, 0) is 5.60 Å². The molecule has 0 unspecified atom stereocenters. The number of aryl methyl sites for hydroxylation is 1. The van der Waals surface area contributed by atoms with E-state index in [0.29, 0.717) is 25.1 Å². The second kappa shape index (κ2) is 6.57. The number of nitrogens with zero attached hydrogens (tertiary/aromatic N) is 3. The first kappa shape index (κ1) is 16.4. The van der Waals surface area contributed by atoms with Crippen LogP contribution in [0.25, 0.3) is 0 Å². The summed E-state index contributed by atoms with van der Waals surface area (Å²) >= 11 is 0. The van der Waals surface area contributed by atoms with Gasteiger partial charge in [0.05, 0.1) is 10.5 Å². The third-order valence-corrected chi connectivity index (χ3v) is 4.69. The van der Waals surface area contributed by atoms with Crippen molar-refractivity contribution in [3.05, 3.63) is 63.8 Å². The Hall–Kier alpha value is -2.47. The van der Waals surface area contributed by atoms with E-state index in [1.165, 1.54) is 6.07 Å². The molecule has 6 heteroatoms. The van der Waals surface area contributed by atoms with E-state index in [1.807, 2.05) is 30.3 Å².